The molecule has 0 saturated heterocycles. The van der Waals surface area contributed by atoms with Crippen molar-refractivity contribution >= 4 is 30.0 Å². The largest absolute Gasteiger partial charge is 0.846 e. The normalized spacial score (nSPS) is 11.0. The molecule has 0 radical (unpaired) electrons. The quantitative estimate of drug-likeness (QED) is 0.410. The molecular formula is C17H17ClN4O3. The van der Waals surface area contributed by atoms with Gasteiger partial charge in [0.15, 0.2) is 6.54 Å². The fraction of sp³-hybridized carbons (Fsp3) is 0.118. The molecule has 1 heterocycles. The molecule has 0 aliphatic heterocycles. The van der Waals surface area contributed by atoms with Crippen molar-refractivity contribution in [3.8, 4) is 5.75 Å². The van der Waals surface area contributed by atoms with E-state index in [-0.39, 0.29) is 24.0 Å². The van der Waals surface area contributed by atoms with Crippen molar-refractivity contribution in [2.24, 2.45) is 4.99 Å². The van der Waals surface area contributed by atoms with Crippen molar-refractivity contribution in [3.63, 3.8) is 0 Å². The molecule has 0 aliphatic rings. The zero-order chi connectivity index (χ0) is 16.8. The lowest BCUT2D eigenvalue weighted by molar-refractivity contribution is -0.761. The van der Waals surface area contributed by atoms with E-state index in [1.807, 2.05) is 30.3 Å². The molecular weight excluding hydrogens is 344 g/mol. The van der Waals surface area contributed by atoms with Crippen LogP contribution in [0.5, 0.6) is 5.75 Å². The van der Waals surface area contributed by atoms with E-state index in [9.17, 15) is 10.2 Å². The van der Waals surface area contributed by atoms with Crippen molar-refractivity contribution in [1.82, 2.24) is 5.27 Å². The summed E-state index contributed by atoms with van der Waals surface area (Å²) < 4.78 is 6.60. The van der Waals surface area contributed by atoms with Crippen LogP contribution >= 0.6 is 12.4 Å². The molecule has 0 atom stereocenters. The Kier molecular flexibility index (Phi) is 6.36. The molecule has 0 aliphatic carbocycles. The number of rotatable bonds is 5. The summed E-state index contributed by atoms with van der Waals surface area (Å²) in [5.74, 6) is 0.368. The number of hydrogen-bond donors (Lipinski definition) is 2. The summed E-state index contributed by atoms with van der Waals surface area (Å²) in [5.41, 5.74) is 1.72. The van der Waals surface area contributed by atoms with Gasteiger partial charge in [-0.1, -0.05) is 35.0 Å². The summed E-state index contributed by atoms with van der Waals surface area (Å²) in [6.45, 7) is 0.574. The smallest absolute Gasteiger partial charge is 0.322 e. The SMILES string of the molecule is Cl.[O-]/C(=N/c1c[n+](CCc2ccc(O)cc2)no1)Nc1ccccc1. The van der Waals surface area contributed by atoms with Gasteiger partial charge in [-0.15, -0.1) is 12.4 Å². The highest BCUT2D eigenvalue weighted by atomic mass is 35.5. The Morgan fingerprint density at radius 2 is 1.88 bits per heavy atom. The number of hydrogen-bond acceptors (Lipinski definition) is 5. The van der Waals surface area contributed by atoms with Crippen LogP contribution in [0.3, 0.4) is 0 Å². The number of nitrogens with zero attached hydrogens (tertiary/aromatic N) is 3. The lowest BCUT2D eigenvalue weighted by atomic mass is 10.1. The molecule has 2 aromatic carbocycles. The number of nitrogens with one attached hydrogen (secondary N) is 1. The van der Waals surface area contributed by atoms with Gasteiger partial charge in [-0.2, -0.15) is 0 Å². The van der Waals surface area contributed by atoms with Crippen LogP contribution < -0.4 is 15.1 Å². The molecule has 3 aromatic rings. The maximum Gasteiger partial charge on any atom is 0.322 e. The highest BCUT2D eigenvalue weighted by Gasteiger charge is 2.10. The molecule has 1 aromatic heterocycles. The lowest BCUT2D eigenvalue weighted by Gasteiger charge is -2.11. The summed E-state index contributed by atoms with van der Waals surface area (Å²) in [4.78, 5) is 3.81. The van der Waals surface area contributed by atoms with E-state index in [1.54, 1.807) is 35.1 Å². The number of aliphatic imine (C=N–C) groups is 1. The molecule has 2 N–H and O–H groups in total. The average molecular weight is 361 g/mol. The van der Waals surface area contributed by atoms with Crippen molar-refractivity contribution < 1.29 is 19.4 Å². The third kappa shape index (κ3) is 5.50. The van der Waals surface area contributed by atoms with E-state index in [4.69, 9.17) is 4.52 Å². The monoisotopic (exact) mass is 360 g/mol. The molecule has 25 heavy (non-hydrogen) atoms. The van der Waals surface area contributed by atoms with Gasteiger partial charge in [0.2, 0.25) is 5.27 Å². The first-order chi connectivity index (χ1) is 11.7. The van der Waals surface area contributed by atoms with E-state index in [0.29, 0.717) is 18.7 Å². The number of phenols is 1. The van der Waals surface area contributed by atoms with Crippen molar-refractivity contribution in [3.05, 3.63) is 66.4 Å². The van der Waals surface area contributed by atoms with Gasteiger partial charge in [0.1, 0.15) is 5.75 Å². The first kappa shape index (κ1) is 18.3. The number of halogens is 1. The topological polar surface area (TPSA) is 97.6 Å². The molecule has 3 rings (SSSR count). The number of aryl methyl sites for hydroxylation is 2. The zero-order valence-electron chi connectivity index (χ0n) is 13.2. The van der Waals surface area contributed by atoms with E-state index < -0.39 is 6.02 Å². The van der Waals surface area contributed by atoms with E-state index in [1.165, 1.54) is 0 Å². The van der Waals surface area contributed by atoms with Crippen LogP contribution in [-0.2, 0) is 13.0 Å². The molecule has 8 heteroatoms. The molecule has 0 fully saturated rings. The molecule has 0 bridgehead atoms. The molecule has 7 nitrogen and oxygen atoms in total. The fourth-order valence-electron chi connectivity index (χ4n) is 2.10. The maximum absolute atomic E-state index is 11.8. The fourth-order valence-corrected chi connectivity index (χ4v) is 2.10. The second-order valence-electron chi connectivity index (χ2n) is 5.13. The number of aromatic hydroxyl groups is 1. The number of amidine groups is 1. The van der Waals surface area contributed by atoms with Gasteiger partial charge < -0.3 is 15.5 Å². The van der Waals surface area contributed by atoms with Crippen LogP contribution in [0, 0.1) is 0 Å². The lowest BCUT2D eigenvalue weighted by Crippen LogP contribution is -2.35. The van der Waals surface area contributed by atoms with Crippen LogP contribution in [0.1, 0.15) is 5.56 Å². The van der Waals surface area contributed by atoms with Crippen molar-refractivity contribution in [2.75, 3.05) is 5.32 Å². The first-order valence-electron chi connectivity index (χ1n) is 7.41. The van der Waals surface area contributed by atoms with Crippen LogP contribution in [0.25, 0.3) is 0 Å². The molecule has 130 valence electrons. The summed E-state index contributed by atoms with van der Waals surface area (Å²) in [6, 6.07) is 15.5. The van der Waals surface area contributed by atoms with Gasteiger partial charge >= 0.3 is 5.88 Å². The number of anilines is 1. The van der Waals surface area contributed by atoms with Crippen LogP contribution in [0.4, 0.5) is 11.6 Å². The Morgan fingerprint density at radius 3 is 2.60 bits per heavy atom. The average Bonchev–Trinajstić information content (AvgIpc) is 3.02. The second-order valence-corrected chi connectivity index (χ2v) is 5.13. The first-order valence-corrected chi connectivity index (χ1v) is 7.41. The van der Waals surface area contributed by atoms with E-state index in [0.717, 1.165) is 5.56 Å². The Labute approximate surface area is 150 Å². The van der Waals surface area contributed by atoms with Gasteiger partial charge in [-0.05, 0) is 29.8 Å². The third-order valence-corrected chi connectivity index (χ3v) is 3.30. The summed E-state index contributed by atoms with van der Waals surface area (Å²) in [6.07, 6.45) is 2.28. The highest BCUT2D eigenvalue weighted by molar-refractivity contribution is 5.86. The van der Waals surface area contributed by atoms with Crippen LogP contribution in [0.15, 0.2) is 70.3 Å². The minimum Gasteiger partial charge on any atom is -0.846 e. The Hall–Kier alpha value is -3.06. The predicted octanol–water partition coefficient (Wildman–Crippen LogP) is 1.79. The minimum atomic E-state index is -0.525. The molecule has 0 amide bonds. The Balaban J connectivity index is 0.00000225. The van der Waals surface area contributed by atoms with Gasteiger partial charge in [-0.25, -0.2) is 4.99 Å². The summed E-state index contributed by atoms with van der Waals surface area (Å²) >= 11 is 0. The Bertz CT molecular complexity index is 819. The summed E-state index contributed by atoms with van der Waals surface area (Å²) in [7, 11) is 0. The number of aromatic nitrogens is 2. The van der Waals surface area contributed by atoms with E-state index >= 15 is 0 Å². The molecule has 0 unspecified atom stereocenters. The number of benzene rings is 2. The number of phenolic OH excluding ortho intramolecular Hbond substituents is 1. The third-order valence-electron chi connectivity index (χ3n) is 3.30. The summed E-state index contributed by atoms with van der Waals surface area (Å²) in [5, 5.41) is 27.5. The predicted molar refractivity (Wildman–Crippen MR) is 92.9 cm³/mol. The van der Waals surface area contributed by atoms with Gasteiger partial charge in [0.25, 0.3) is 6.20 Å². The van der Waals surface area contributed by atoms with Crippen LogP contribution in [0.2, 0.25) is 0 Å². The van der Waals surface area contributed by atoms with Gasteiger partial charge in [0, 0.05) is 12.1 Å². The standard InChI is InChI=1S/C17H16N4O3.ClH/c22-15-8-6-13(7-9-15)10-11-21-12-16(24-20-21)19-17(23)18-14-4-2-1-3-5-14;/h1-9,12H,10-11H2,(H2-,18,19,20,22,23);1H. The second kappa shape index (κ2) is 8.70. The van der Waals surface area contributed by atoms with Crippen LogP contribution in [-0.4, -0.2) is 16.4 Å². The minimum absolute atomic E-state index is 0. The van der Waals surface area contributed by atoms with Crippen molar-refractivity contribution in [2.45, 2.75) is 13.0 Å². The van der Waals surface area contributed by atoms with Gasteiger partial charge in [-0.3, -0.25) is 4.52 Å². The van der Waals surface area contributed by atoms with Gasteiger partial charge in [0.05, 0.1) is 6.02 Å². The zero-order valence-corrected chi connectivity index (χ0v) is 14.0. The Morgan fingerprint density at radius 1 is 1.16 bits per heavy atom. The van der Waals surface area contributed by atoms with E-state index in [2.05, 4.69) is 15.6 Å². The van der Waals surface area contributed by atoms with Crippen molar-refractivity contribution in [1.29, 1.82) is 0 Å². The molecule has 0 saturated carbocycles. The highest BCUT2D eigenvalue weighted by Crippen LogP contribution is 2.11. The number of para-hydroxylation sites is 1. The maximum atomic E-state index is 11.8. The molecule has 0 spiro atoms.